The van der Waals surface area contributed by atoms with E-state index in [1.54, 1.807) is 6.08 Å². The maximum absolute atomic E-state index is 11.8. The van der Waals surface area contributed by atoms with Gasteiger partial charge < -0.3 is 9.47 Å². The van der Waals surface area contributed by atoms with E-state index in [0.29, 0.717) is 6.61 Å². The molecule has 6 nitrogen and oxygen atoms in total. The van der Waals surface area contributed by atoms with Crippen molar-refractivity contribution in [1.82, 2.24) is 0 Å². The number of nitrogens with zero attached hydrogens (tertiary/aromatic N) is 1. The first-order valence-corrected chi connectivity index (χ1v) is 7.95. The molecular formula is C19H19NO5. The van der Waals surface area contributed by atoms with Gasteiger partial charge in [0.15, 0.2) is 0 Å². The van der Waals surface area contributed by atoms with E-state index in [1.165, 1.54) is 30.3 Å². The molecule has 0 fully saturated rings. The van der Waals surface area contributed by atoms with E-state index in [-0.39, 0.29) is 11.4 Å². The van der Waals surface area contributed by atoms with Crippen molar-refractivity contribution in [3.05, 3.63) is 70.3 Å². The third-order valence-corrected chi connectivity index (χ3v) is 3.32. The van der Waals surface area contributed by atoms with Crippen LogP contribution >= 0.6 is 0 Å². The average molecular weight is 341 g/mol. The van der Waals surface area contributed by atoms with E-state index in [1.807, 2.05) is 24.3 Å². The van der Waals surface area contributed by atoms with E-state index in [9.17, 15) is 14.9 Å². The Balaban J connectivity index is 1.87. The maximum atomic E-state index is 11.8. The molecule has 6 heteroatoms. The SMILES string of the molecule is CCCCOc1ccc(/C=C/C(=O)Oc2ccc([N+](=O)[O-])cc2)cc1. The number of unbranched alkanes of at least 4 members (excludes halogenated alkanes) is 1. The molecule has 0 saturated carbocycles. The van der Waals surface area contributed by atoms with Crippen molar-refractivity contribution >= 4 is 17.7 Å². The van der Waals surface area contributed by atoms with Gasteiger partial charge in [-0.2, -0.15) is 0 Å². The number of nitro benzene ring substituents is 1. The predicted octanol–water partition coefficient (Wildman–Crippen LogP) is 4.39. The van der Waals surface area contributed by atoms with Crippen LogP contribution in [0.1, 0.15) is 25.3 Å². The van der Waals surface area contributed by atoms with E-state index in [2.05, 4.69) is 6.92 Å². The van der Waals surface area contributed by atoms with E-state index in [0.717, 1.165) is 24.2 Å². The Hall–Kier alpha value is -3.15. The number of non-ortho nitro benzene ring substituents is 1. The van der Waals surface area contributed by atoms with Gasteiger partial charge in [0.2, 0.25) is 0 Å². The topological polar surface area (TPSA) is 78.7 Å². The van der Waals surface area contributed by atoms with Gasteiger partial charge in [0.1, 0.15) is 11.5 Å². The summed E-state index contributed by atoms with van der Waals surface area (Å²) in [5.41, 5.74) is 0.778. The van der Waals surface area contributed by atoms with Gasteiger partial charge in [0, 0.05) is 18.2 Å². The van der Waals surface area contributed by atoms with Gasteiger partial charge in [-0.05, 0) is 42.3 Å². The lowest BCUT2D eigenvalue weighted by atomic mass is 10.2. The summed E-state index contributed by atoms with van der Waals surface area (Å²) < 4.78 is 10.7. The third-order valence-electron chi connectivity index (χ3n) is 3.32. The number of rotatable bonds is 8. The standard InChI is InChI=1S/C19H19NO5/c1-2-3-14-24-17-9-4-15(5-10-17)6-13-19(21)25-18-11-7-16(8-12-18)20(22)23/h4-13H,2-3,14H2,1H3/b13-6+. The molecule has 0 atom stereocenters. The molecule has 0 amide bonds. The summed E-state index contributed by atoms with van der Waals surface area (Å²) in [6, 6.07) is 12.7. The highest BCUT2D eigenvalue weighted by Crippen LogP contribution is 2.18. The number of hydrogen-bond donors (Lipinski definition) is 0. The van der Waals surface area contributed by atoms with Crippen LogP contribution in [0.4, 0.5) is 5.69 Å². The lowest BCUT2D eigenvalue weighted by Gasteiger charge is -2.05. The fourth-order valence-corrected chi connectivity index (χ4v) is 1.96. The summed E-state index contributed by atoms with van der Waals surface area (Å²) in [7, 11) is 0. The van der Waals surface area contributed by atoms with Crippen LogP contribution in [0.3, 0.4) is 0 Å². The number of carbonyl (C=O) groups is 1. The largest absolute Gasteiger partial charge is 0.494 e. The van der Waals surface area contributed by atoms with Crippen molar-refractivity contribution in [3.8, 4) is 11.5 Å². The molecule has 0 heterocycles. The lowest BCUT2D eigenvalue weighted by molar-refractivity contribution is -0.384. The number of hydrogen-bond acceptors (Lipinski definition) is 5. The quantitative estimate of drug-likeness (QED) is 0.178. The molecule has 0 aliphatic carbocycles. The Morgan fingerprint density at radius 1 is 1.08 bits per heavy atom. The molecule has 0 saturated heterocycles. The van der Waals surface area contributed by atoms with Crippen LogP contribution < -0.4 is 9.47 Å². The molecule has 2 rings (SSSR count). The second-order valence-corrected chi connectivity index (χ2v) is 5.28. The summed E-state index contributed by atoms with van der Waals surface area (Å²) in [6.07, 6.45) is 5.02. The third kappa shape index (κ3) is 6.10. The molecule has 0 bridgehead atoms. The van der Waals surface area contributed by atoms with Crippen molar-refractivity contribution in [1.29, 1.82) is 0 Å². The van der Waals surface area contributed by atoms with Crippen LogP contribution in [0.5, 0.6) is 11.5 Å². The molecule has 130 valence electrons. The number of esters is 1. The van der Waals surface area contributed by atoms with Crippen LogP contribution in [0.2, 0.25) is 0 Å². The van der Waals surface area contributed by atoms with Crippen molar-refractivity contribution < 1.29 is 19.2 Å². The monoisotopic (exact) mass is 341 g/mol. The van der Waals surface area contributed by atoms with Crippen LogP contribution in [0, 0.1) is 10.1 Å². The first-order valence-electron chi connectivity index (χ1n) is 7.95. The molecule has 0 radical (unpaired) electrons. The van der Waals surface area contributed by atoms with Gasteiger partial charge in [-0.25, -0.2) is 4.79 Å². The molecule has 0 unspecified atom stereocenters. The molecule has 0 aliphatic rings. The van der Waals surface area contributed by atoms with E-state index < -0.39 is 10.9 Å². The van der Waals surface area contributed by atoms with Crippen molar-refractivity contribution in [2.45, 2.75) is 19.8 Å². The molecule has 2 aromatic carbocycles. The molecular weight excluding hydrogens is 322 g/mol. The van der Waals surface area contributed by atoms with Crippen molar-refractivity contribution in [2.24, 2.45) is 0 Å². The highest BCUT2D eigenvalue weighted by molar-refractivity contribution is 5.88. The Labute approximate surface area is 145 Å². The van der Waals surface area contributed by atoms with Crippen LogP contribution in [0.25, 0.3) is 6.08 Å². The number of carbonyl (C=O) groups excluding carboxylic acids is 1. The fourth-order valence-electron chi connectivity index (χ4n) is 1.96. The summed E-state index contributed by atoms with van der Waals surface area (Å²) in [5.74, 6) is 0.483. The van der Waals surface area contributed by atoms with Crippen LogP contribution in [0.15, 0.2) is 54.6 Å². The second-order valence-electron chi connectivity index (χ2n) is 5.28. The maximum Gasteiger partial charge on any atom is 0.336 e. The van der Waals surface area contributed by atoms with Crippen LogP contribution in [-0.4, -0.2) is 17.5 Å². The van der Waals surface area contributed by atoms with Gasteiger partial charge in [-0.15, -0.1) is 0 Å². The van der Waals surface area contributed by atoms with Gasteiger partial charge in [-0.1, -0.05) is 25.5 Å². The summed E-state index contributed by atoms with van der Waals surface area (Å²) >= 11 is 0. The minimum absolute atomic E-state index is 0.0587. The van der Waals surface area contributed by atoms with Crippen molar-refractivity contribution in [2.75, 3.05) is 6.61 Å². The summed E-state index contributed by atoms with van der Waals surface area (Å²) in [4.78, 5) is 21.8. The van der Waals surface area contributed by atoms with Gasteiger partial charge in [0.05, 0.1) is 11.5 Å². The molecule has 0 aromatic heterocycles. The fraction of sp³-hybridized carbons (Fsp3) is 0.211. The average Bonchev–Trinajstić information content (AvgIpc) is 2.62. The zero-order valence-corrected chi connectivity index (χ0v) is 13.9. The van der Waals surface area contributed by atoms with Gasteiger partial charge in [-0.3, -0.25) is 10.1 Å². The van der Waals surface area contributed by atoms with Gasteiger partial charge >= 0.3 is 5.97 Å². The minimum Gasteiger partial charge on any atom is -0.494 e. The first kappa shape index (κ1) is 18.2. The summed E-state index contributed by atoms with van der Waals surface area (Å²) in [6.45, 7) is 2.79. The first-order chi connectivity index (χ1) is 12.1. The Kier molecular flexibility index (Phi) is 6.71. The number of nitro groups is 1. The zero-order chi connectivity index (χ0) is 18.1. The normalized spacial score (nSPS) is 10.6. The molecule has 0 spiro atoms. The predicted molar refractivity (Wildman–Crippen MR) is 94.6 cm³/mol. The minimum atomic E-state index is -0.558. The highest BCUT2D eigenvalue weighted by Gasteiger charge is 2.06. The zero-order valence-electron chi connectivity index (χ0n) is 13.9. The van der Waals surface area contributed by atoms with E-state index >= 15 is 0 Å². The van der Waals surface area contributed by atoms with Crippen molar-refractivity contribution in [3.63, 3.8) is 0 Å². The Bertz CT molecular complexity index is 735. The van der Waals surface area contributed by atoms with Crippen LogP contribution in [-0.2, 0) is 4.79 Å². The highest BCUT2D eigenvalue weighted by atomic mass is 16.6. The second kappa shape index (κ2) is 9.22. The summed E-state index contributed by atoms with van der Waals surface area (Å²) in [5, 5.41) is 10.6. The molecule has 0 N–H and O–H groups in total. The lowest BCUT2D eigenvalue weighted by Crippen LogP contribution is -2.03. The Morgan fingerprint density at radius 2 is 1.72 bits per heavy atom. The number of ether oxygens (including phenoxy) is 2. The Morgan fingerprint density at radius 3 is 2.32 bits per heavy atom. The molecule has 2 aromatic rings. The smallest absolute Gasteiger partial charge is 0.336 e. The number of benzene rings is 2. The molecule has 25 heavy (non-hydrogen) atoms. The van der Waals surface area contributed by atoms with Gasteiger partial charge in [0.25, 0.3) is 5.69 Å². The molecule has 0 aliphatic heterocycles. The van der Waals surface area contributed by atoms with E-state index in [4.69, 9.17) is 9.47 Å².